The van der Waals surface area contributed by atoms with Gasteiger partial charge in [-0.15, -0.1) is 0 Å². The number of likely N-dealkylation sites (tertiary alicyclic amines) is 1. The number of β-amino-alcohol motifs (C(OH)–C–C–N with tert-alkyl or cyclic N) is 1. The molecule has 1 amide bonds. The van der Waals surface area contributed by atoms with E-state index in [1.807, 2.05) is 6.92 Å². The maximum atomic E-state index is 11.7. The summed E-state index contributed by atoms with van der Waals surface area (Å²) in [6, 6.07) is 0. The standard InChI is InChI=1S/C9H15NO2/c1-9(3-4-9)8(12)10-5-2-7(11)6-10/h7,11H,2-6H2,1H3/t7-/m0/s1. The van der Waals surface area contributed by atoms with Crippen molar-refractivity contribution in [1.82, 2.24) is 4.90 Å². The average molecular weight is 169 g/mol. The molecule has 2 aliphatic rings. The molecule has 0 aromatic carbocycles. The molecule has 1 saturated carbocycles. The topological polar surface area (TPSA) is 40.5 Å². The summed E-state index contributed by atoms with van der Waals surface area (Å²) in [5.74, 6) is 0.249. The van der Waals surface area contributed by atoms with Crippen LogP contribution in [0.4, 0.5) is 0 Å². The number of carbonyl (C=O) groups is 1. The lowest BCUT2D eigenvalue weighted by molar-refractivity contribution is -0.135. The van der Waals surface area contributed by atoms with E-state index in [2.05, 4.69) is 0 Å². The Morgan fingerprint density at radius 1 is 1.58 bits per heavy atom. The van der Waals surface area contributed by atoms with Gasteiger partial charge in [0.1, 0.15) is 0 Å². The van der Waals surface area contributed by atoms with Crippen molar-refractivity contribution < 1.29 is 9.90 Å². The zero-order valence-corrected chi connectivity index (χ0v) is 7.42. The van der Waals surface area contributed by atoms with Crippen molar-refractivity contribution in [2.24, 2.45) is 5.41 Å². The highest BCUT2D eigenvalue weighted by Gasteiger charge is 2.48. The summed E-state index contributed by atoms with van der Waals surface area (Å²) in [5.41, 5.74) is -0.0654. The van der Waals surface area contributed by atoms with Crippen LogP contribution in [0.1, 0.15) is 26.2 Å². The van der Waals surface area contributed by atoms with Gasteiger partial charge in [0.15, 0.2) is 0 Å². The van der Waals surface area contributed by atoms with Gasteiger partial charge in [-0.2, -0.15) is 0 Å². The van der Waals surface area contributed by atoms with Crippen LogP contribution in [0.5, 0.6) is 0 Å². The van der Waals surface area contributed by atoms with E-state index in [4.69, 9.17) is 0 Å². The van der Waals surface area contributed by atoms with E-state index in [0.717, 1.165) is 25.8 Å². The molecule has 2 rings (SSSR count). The van der Waals surface area contributed by atoms with Gasteiger partial charge < -0.3 is 10.0 Å². The van der Waals surface area contributed by atoms with Gasteiger partial charge >= 0.3 is 0 Å². The molecular weight excluding hydrogens is 154 g/mol. The first kappa shape index (κ1) is 8.05. The molecule has 0 unspecified atom stereocenters. The zero-order chi connectivity index (χ0) is 8.77. The molecule has 1 aliphatic heterocycles. The molecule has 12 heavy (non-hydrogen) atoms. The minimum atomic E-state index is -0.281. The molecule has 1 aliphatic carbocycles. The molecule has 1 N–H and O–H groups in total. The van der Waals surface area contributed by atoms with E-state index in [0.29, 0.717) is 6.54 Å². The molecule has 0 aromatic rings. The number of amides is 1. The van der Waals surface area contributed by atoms with Gasteiger partial charge in [-0.3, -0.25) is 4.79 Å². The lowest BCUT2D eigenvalue weighted by atomic mass is 10.1. The van der Waals surface area contributed by atoms with E-state index in [9.17, 15) is 9.90 Å². The Labute approximate surface area is 72.4 Å². The summed E-state index contributed by atoms with van der Waals surface area (Å²) in [4.78, 5) is 13.5. The number of rotatable bonds is 1. The van der Waals surface area contributed by atoms with Crippen LogP contribution in [0, 0.1) is 5.41 Å². The highest BCUT2D eigenvalue weighted by molar-refractivity contribution is 5.85. The first-order valence-corrected chi connectivity index (χ1v) is 4.59. The van der Waals surface area contributed by atoms with Crippen molar-refractivity contribution in [3.8, 4) is 0 Å². The summed E-state index contributed by atoms with van der Waals surface area (Å²) < 4.78 is 0. The molecule has 0 spiro atoms. The van der Waals surface area contributed by atoms with Crippen molar-refractivity contribution in [1.29, 1.82) is 0 Å². The van der Waals surface area contributed by atoms with Crippen molar-refractivity contribution in [3.63, 3.8) is 0 Å². The van der Waals surface area contributed by atoms with Crippen molar-refractivity contribution in [3.05, 3.63) is 0 Å². The van der Waals surface area contributed by atoms with E-state index in [1.165, 1.54) is 0 Å². The molecule has 3 nitrogen and oxygen atoms in total. The SMILES string of the molecule is CC1(C(=O)N2CC[C@H](O)C2)CC1. The van der Waals surface area contributed by atoms with Gasteiger partial charge in [0, 0.05) is 18.5 Å². The van der Waals surface area contributed by atoms with Crippen LogP contribution in [-0.2, 0) is 4.79 Å². The minimum Gasteiger partial charge on any atom is -0.391 e. The lowest BCUT2D eigenvalue weighted by Crippen LogP contribution is -2.34. The Hall–Kier alpha value is -0.570. The number of aliphatic hydroxyl groups is 1. The van der Waals surface area contributed by atoms with Crippen LogP contribution in [0.2, 0.25) is 0 Å². The Morgan fingerprint density at radius 2 is 2.25 bits per heavy atom. The van der Waals surface area contributed by atoms with Crippen LogP contribution in [-0.4, -0.2) is 35.1 Å². The largest absolute Gasteiger partial charge is 0.391 e. The fourth-order valence-corrected chi connectivity index (χ4v) is 1.71. The molecule has 1 heterocycles. The van der Waals surface area contributed by atoms with Gasteiger partial charge in [0.25, 0.3) is 0 Å². The number of nitrogens with zero attached hydrogens (tertiary/aromatic N) is 1. The smallest absolute Gasteiger partial charge is 0.228 e. The van der Waals surface area contributed by atoms with Crippen LogP contribution in [0.3, 0.4) is 0 Å². The molecule has 1 saturated heterocycles. The minimum absolute atomic E-state index is 0.0654. The molecule has 68 valence electrons. The van der Waals surface area contributed by atoms with Crippen molar-refractivity contribution >= 4 is 5.91 Å². The first-order chi connectivity index (χ1) is 5.62. The van der Waals surface area contributed by atoms with Crippen LogP contribution >= 0.6 is 0 Å². The molecule has 0 bridgehead atoms. The third kappa shape index (κ3) is 1.22. The Balaban J connectivity index is 1.97. The predicted octanol–water partition coefficient (Wildman–Crippen LogP) is 0.380. The van der Waals surface area contributed by atoms with Crippen molar-refractivity contribution in [2.75, 3.05) is 13.1 Å². The molecule has 0 radical (unpaired) electrons. The van der Waals surface area contributed by atoms with Gasteiger partial charge in [0.2, 0.25) is 5.91 Å². The van der Waals surface area contributed by atoms with E-state index < -0.39 is 0 Å². The average Bonchev–Trinajstić information content (AvgIpc) is 2.62. The summed E-state index contributed by atoms with van der Waals surface area (Å²) in [7, 11) is 0. The fourth-order valence-electron chi connectivity index (χ4n) is 1.71. The number of hydrogen-bond donors (Lipinski definition) is 1. The van der Waals surface area contributed by atoms with Gasteiger partial charge in [-0.25, -0.2) is 0 Å². The second-order valence-electron chi connectivity index (χ2n) is 4.25. The van der Waals surface area contributed by atoms with Gasteiger partial charge in [-0.05, 0) is 19.3 Å². The number of carbonyl (C=O) groups excluding carboxylic acids is 1. The zero-order valence-electron chi connectivity index (χ0n) is 7.42. The quantitative estimate of drug-likeness (QED) is 0.616. The third-order valence-electron chi connectivity index (χ3n) is 2.97. The number of hydrogen-bond acceptors (Lipinski definition) is 2. The summed E-state index contributed by atoms with van der Waals surface area (Å²) >= 11 is 0. The molecule has 0 aromatic heterocycles. The fraction of sp³-hybridized carbons (Fsp3) is 0.889. The maximum Gasteiger partial charge on any atom is 0.228 e. The van der Waals surface area contributed by atoms with Crippen LogP contribution in [0.25, 0.3) is 0 Å². The van der Waals surface area contributed by atoms with E-state index >= 15 is 0 Å². The highest BCUT2D eigenvalue weighted by atomic mass is 16.3. The molecular formula is C9H15NO2. The maximum absolute atomic E-state index is 11.7. The van der Waals surface area contributed by atoms with Crippen LogP contribution < -0.4 is 0 Å². The third-order valence-corrected chi connectivity index (χ3v) is 2.97. The van der Waals surface area contributed by atoms with Crippen molar-refractivity contribution in [2.45, 2.75) is 32.3 Å². The Morgan fingerprint density at radius 3 is 2.67 bits per heavy atom. The van der Waals surface area contributed by atoms with E-state index in [1.54, 1.807) is 4.90 Å². The second kappa shape index (κ2) is 2.46. The first-order valence-electron chi connectivity index (χ1n) is 4.59. The van der Waals surface area contributed by atoms with Gasteiger partial charge in [0.05, 0.1) is 6.10 Å². The molecule has 1 atom stereocenters. The normalized spacial score (nSPS) is 32.2. The predicted molar refractivity (Wildman–Crippen MR) is 44.5 cm³/mol. The molecule has 2 fully saturated rings. The lowest BCUT2D eigenvalue weighted by Gasteiger charge is -2.19. The monoisotopic (exact) mass is 169 g/mol. The Bertz CT molecular complexity index is 211. The summed E-state index contributed by atoms with van der Waals surface area (Å²) in [5, 5.41) is 9.24. The van der Waals surface area contributed by atoms with Gasteiger partial charge in [-0.1, -0.05) is 6.92 Å². The highest BCUT2D eigenvalue weighted by Crippen LogP contribution is 2.46. The summed E-state index contributed by atoms with van der Waals surface area (Å²) in [6.45, 7) is 3.31. The Kier molecular flexibility index (Phi) is 1.65. The summed E-state index contributed by atoms with van der Waals surface area (Å²) in [6.07, 6.45) is 2.52. The number of aliphatic hydroxyl groups excluding tert-OH is 1. The molecule has 3 heteroatoms. The van der Waals surface area contributed by atoms with Crippen LogP contribution in [0.15, 0.2) is 0 Å². The second-order valence-corrected chi connectivity index (χ2v) is 4.25. The van der Waals surface area contributed by atoms with E-state index in [-0.39, 0.29) is 17.4 Å².